The highest BCUT2D eigenvalue weighted by molar-refractivity contribution is 6.30. The smallest absolute Gasteiger partial charge is 0.311 e. The number of hydrogen-bond donors (Lipinski definition) is 1. The minimum absolute atomic E-state index is 0.225. The van der Waals surface area contributed by atoms with Crippen molar-refractivity contribution < 1.29 is 19.1 Å². The minimum atomic E-state index is -0.355. The first-order valence-electron chi connectivity index (χ1n) is 9.57. The number of nitrogens with one attached hydrogen (secondary N) is 1. The summed E-state index contributed by atoms with van der Waals surface area (Å²) in [5.74, 6) is 0.514. The molecule has 0 radical (unpaired) electrons. The van der Waals surface area contributed by atoms with Gasteiger partial charge >= 0.3 is 5.97 Å². The fourth-order valence-corrected chi connectivity index (χ4v) is 2.76. The number of ether oxygens (including phenoxy) is 2. The van der Waals surface area contributed by atoms with Crippen LogP contribution < -0.4 is 14.8 Å². The van der Waals surface area contributed by atoms with Crippen molar-refractivity contribution in [2.45, 2.75) is 19.8 Å². The lowest BCUT2D eigenvalue weighted by Crippen LogP contribution is -2.12. The Morgan fingerprint density at radius 1 is 0.867 bits per heavy atom. The van der Waals surface area contributed by atoms with Crippen LogP contribution in [0, 0.1) is 6.92 Å². The Labute approximate surface area is 180 Å². The van der Waals surface area contributed by atoms with E-state index in [9.17, 15) is 9.59 Å². The molecule has 0 unspecified atom stereocenters. The van der Waals surface area contributed by atoms with Gasteiger partial charge in [-0.25, -0.2) is 0 Å². The van der Waals surface area contributed by atoms with Crippen LogP contribution in [0.5, 0.6) is 11.5 Å². The van der Waals surface area contributed by atoms with E-state index in [0.717, 1.165) is 11.3 Å². The summed E-state index contributed by atoms with van der Waals surface area (Å²) in [5.41, 5.74) is 2.32. The van der Waals surface area contributed by atoms with Crippen molar-refractivity contribution >= 4 is 29.2 Å². The van der Waals surface area contributed by atoms with Crippen molar-refractivity contribution in [3.8, 4) is 11.5 Å². The molecule has 5 nitrogen and oxygen atoms in total. The minimum Gasteiger partial charge on any atom is -0.494 e. The van der Waals surface area contributed by atoms with Gasteiger partial charge < -0.3 is 14.8 Å². The molecule has 0 aliphatic carbocycles. The number of amides is 1. The maximum absolute atomic E-state index is 12.3. The monoisotopic (exact) mass is 423 g/mol. The van der Waals surface area contributed by atoms with E-state index in [1.807, 2.05) is 31.2 Å². The maximum atomic E-state index is 12.3. The average Bonchev–Trinajstić information content (AvgIpc) is 2.74. The number of rotatable bonds is 8. The molecule has 0 aliphatic rings. The molecule has 154 valence electrons. The molecular weight excluding hydrogens is 402 g/mol. The van der Waals surface area contributed by atoms with Gasteiger partial charge in [0.25, 0.3) is 5.91 Å². The number of carbonyl (C=O) groups excluding carboxylic acids is 2. The Kier molecular flexibility index (Phi) is 7.46. The summed E-state index contributed by atoms with van der Waals surface area (Å²) >= 11 is 5.82. The molecule has 0 heterocycles. The molecule has 30 heavy (non-hydrogen) atoms. The Hall–Kier alpha value is -3.31. The Bertz CT molecular complexity index is 983. The van der Waals surface area contributed by atoms with E-state index in [1.54, 1.807) is 48.5 Å². The fourth-order valence-electron chi connectivity index (χ4n) is 2.63. The van der Waals surface area contributed by atoms with E-state index >= 15 is 0 Å². The first-order chi connectivity index (χ1) is 14.5. The van der Waals surface area contributed by atoms with E-state index in [1.165, 1.54) is 0 Å². The summed E-state index contributed by atoms with van der Waals surface area (Å²) in [6.07, 6.45) is 0.752. The topological polar surface area (TPSA) is 64.6 Å². The third-order valence-corrected chi connectivity index (χ3v) is 4.52. The molecule has 0 spiro atoms. The molecule has 0 aliphatic heterocycles. The van der Waals surface area contributed by atoms with Crippen LogP contribution >= 0.6 is 11.6 Å². The zero-order valence-corrected chi connectivity index (χ0v) is 17.3. The third kappa shape index (κ3) is 6.64. The summed E-state index contributed by atoms with van der Waals surface area (Å²) in [7, 11) is 0. The average molecular weight is 424 g/mol. The number of halogens is 1. The number of hydrogen-bond acceptors (Lipinski definition) is 4. The second-order valence-electron chi connectivity index (χ2n) is 6.72. The zero-order valence-electron chi connectivity index (χ0n) is 16.6. The Morgan fingerprint density at radius 2 is 1.50 bits per heavy atom. The van der Waals surface area contributed by atoms with Gasteiger partial charge in [-0.05, 0) is 74.0 Å². The molecule has 0 bridgehead atoms. The molecule has 0 atom stereocenters. The summed E-state index contributed by atoms with van der Waals surface area (Å²) in [4.78, 5) is 24.3. The zero-order chi connectivity index (χ0) is 21.3. The number of esters is 1. The highest BCUT2D eigenvalue weighted by Crippen LogP contribution is 2.17. The molecule has 3 rings (SSSR count). The second kappa shape index (κ2) is 10.5. The lowest BCUT2D eigenvalue weighted by molar-refractivity contribution is -0.134. The third-order valence-electron chi connectivity index (χ3n) is 4.27. The van der Waals surface area contributed by atoms with E-state index < -0.39 is 0 Å². The molecule has 0 saturated carbocycles. The van der Waals surface area contributed by atoms with Gasteiger partial charge in [-0.1, -0.05) is 29.3 Å². The van der Waals surface area contributed by atoms with Gasteiger partial charge in [0.2, 0.25) is 0 Å². The molecule has 3 aromatic carbocycles. The van der Waals surface area contributed by atoms with Crippen LogP contribution in [0.25, 0.3) is 0 Å². The standard InChI is InChI=1S/C24H22ClNO4/c1-17-4-10-20(11-5-17)26-24(28)18-6-12-22(13-7-18)30-23(27)3-2-16-29-21-14-8-19(25)9-15-21/h4-15H,2-3,16H2,1H3,(H,26,28). The number of aryl methyl sites for hydroxylation is 1. The van der Waals surface area contributed by atoms with Gasteiger partial charge in [-0.2, -0.15) is 0 Å². The van der Waals surface area contributed by atoms with Crippen molar-refractivity contribution in [1.29, 1.82) is 0 Å². The number of carbonyl (C=O) groups is 2. The van der Waals surface area contributed by atoms with Crippen molar-refractivity contribution in [2.75, 3.05) is 11.9 Å². The number of anilines is 1. The summed E-state index contributed by atoms with van der Waals surface area (Å²) < 4.78 is 10.9. The van der Waals surface area contributed by atoms with E-state index in [2.05, 4.69) is 5.32 Å². The maximum Gasteiger partial charge on any atom is 0.311 e. The van der Waals surface area contributed by atoms with Crippen molar-refractivity contribution in [3.63, 3.8) is 0 Å². The van der Waals surface area contributed by atoms with Crippen LogP contribution in [0.1, 0.15) is 28.8 Å². The van der Waals surface area contributed by atoms with Gasteiger partial charge in [0.15, 0.2) is 0 Å². The Balaban J connectivity index is 1.41. The van der Waals surface area contributed by atoms with Crippen LogP contribution in [0.2, 0.25) is 5.02 Å². The molecule has 6 heteroatoms. The lowest BCUT2D eigenvalue weighted by Gasteiger charge is -2.08. The first-order valence-corrected chi connectivity index (χ1v) is 9.94. The summed E-state index contributed by atoms with van der Waals surface area (Å²) in [5, 5.41) is 3.47. The highest BCUT2D eigenvalue weighted by atomic mass is 35.5. The van der Waals surface area contributed by atoms with Crippen LogP contribution in [0.4, 0.5) is 5.69 Å². The van der Waals surface area contributed by atoms with Crippen molar-refractivity contribution in [1.82, 2.24) is 0 Å². The predicted molar refractivity (Wildman–Crippen MR) is 117 cm³/mol. The first kappa shape index (κ1) is 21.4. The van der Waals surface area contributed by atoms with Gasteiger partial charge in [-0.15, -0.1) is 0 Å². The van der Waals surface area contributed by atoms with Crippen molar-refractivity contribution in [3.05, 3.63) is 88.9 Å². The predicted octanol–water partition coefficient (Wildman–Crippen LogP) is 5.67. The second-order valence-corrected chi connectivity index (χ2v) is 7.16. The van der Waals surface area contributed by atoms with E-state index in [0.29, 0.717) is 35.1 Å². The summed E-state index contributed by atoms with van der Waals surface area (Å²) in [6.45, 7) is 2.38. The van der Waals surface area contributed by atoms with Gasteiger partial charge in [0, 0.05) is 22.7 Å². The van der Waals surface area contributed by atoms with Crippen LogP contribution in [0.3, 0.4) is 0 Å². The molecule has 3 aromatic rings. The molecule has 1 N–H and O–H groups in total. The number of benzene rings is 3. The highest BCUT2D eigenvalue weighted by Gasteiger charge is 2.09. The molecule has 0 aromatic heterocycles. The largest absolute Gasteiger partial charge is 0.494 e. The van der Waals surface area contributed by atoms with Crippen molar-refractivity contribution in [2.24, 2.45) is 0 Å². The SMILES string of the molecule is Cc1ccc(NC(=O)c2ccc(OC(=O)CCCOc3ccc(Cl)cc3)cc2)cc1. The van der Waals surface area contributed by atoms with Crippen LogP contribution in [0.15, 0.2) is 72.8 Å². The molecule has 1 amide bonds. The molecule has 0 saturated heterocycles. The summed E-state index contributed by atoms with van der Waals surface area (Å²) in [6, 6.07) is 21.0. The van der Waals surface area contributed by atoms with E-state index in [4.69, 9.17) is 21.1 Å². The fraction of sp³-hybridized carbons (Fsp3) is 0.167. The van der Waals surface area contributed by atoms with Gasteiger partial charge in [0.05, 0.1) is 6.61 Å². The van der Waals surface area contributed by atoms with Crippen LogP contribution in [-0.2, 0) is 4.79 Å². The molecule has 0 fully saturated rings. The van der Waals surface area contributed by atoms with E-state index in [-0.39, 0.29) is 18.3 Å². The Morgan fingerprint density at radius 3 is 2.17 bits per heavy atom. The van der Waals surface area contributed by atoms with Gasteiger partial charge in [-0.3, -0.25) is 9.59 Å². The quantitative estimate of drug-likeness (QED) is 0.288. The lowest BCUT2D eigenvalue weighted by atomic mass is 10.2. The normalized spacial score (nSPS) is 10.3. The van der Waals surface area contributed by atoms with Crippen LogP contribution in [-0.4, -0.2) is 18.5 Å². The van der Waals surface area contributed by atoms with Gasteiger partial charge in [0.1, 0.15) is 11.5 Å². The molecular formula is C24H22ClNO4.